The summed E-state index contributed by atoms with van der Waals surface area (Å²) in [6.45, 7) is 9.21. The summed E-state index contributed by atoms with van der Waals surface area (Å²) >= 11 is 0. The van der Waals surface area contributed by atoms with E-state index in [1.165, 1.54) is 12.8 Å². The van der Waals surface area contributed by atoms with E-state index in [2.05, 4.69) is 6.92 Å². The van der Waals surface area contributed by atoms with E-state index in [0.29, 0.717) is 19.6 Å². The van der Waals surface area contributed by atoms with Crippen LogP contribution >= 0.6 is 0 Å². The van der Waals surface area contributed by atoms with Crippen LogP contribution in [0.3, 0.4) is 0 Å². The van der Waals surface area contributed by atoms with Gasteiger partial charge in [0.25, 0.3) is 0 Å². The third-order valence-electron chi connectivity index (χ3n) is 3.33. The highest BCUT2D eigenvalue weighted by molar-refractivity contribution is 5.75. The molecule has 21 heavy (non-hydrogen) atoms. The Kier molecular flexibility index (Phi) is 13.9. The van der Waals surface area contributed by atoms with Crippen LogP contribution in [0.5, 0.6) is 0 Å². The number of hydrogen-bond acceptors (Lipinski definition) is 3. The van der Waals surface area contributed by atoms with Crippen LogP contribution in [0.4, 0.5) is 0 Å². The number of unbranched alkanes of at least 4 members (excludes halogenated alkanes) is 4. The van der Waals surface area contributed by atoms with Gasteiger partial charge in [-0.25, -0.2) is 0 Å². The van der Waals surface area contributed by atoms with E-state index in [-0.39, 0.29) is 12.0 Å². The van der Waals surface area contributed by atoms with Gasteiger partial charge < -0.3 is 14.4 Å². The van der Waals surface area contributed by atoms with Gasteiger partial charge in [0, 0.05) is 33.2 Å². The summed E-state index contributed by atoms with van der Waals surface area (Å²) in [4.78, 5) is 13.7. The van der Waals surface area contributed by atoms with E-state index in [4.69, 9.17) is 9.47 Å². The molecule has 0 radical (unpaired) electrons. The second kappa shape index (κ2) is 14.3. The minimum atomic E-state index is 0.230. The molecule has 0 aromatic heterocycles. The van der Waals surface area contributed by atoms with Crippen molar-refractivity contribution in [3.8, 4) is 0 Å². The lowest BCUT2D eigenvalue weighted by atomic mass is 10.1. The highest BCUT2D eigenvalue weighted by atomic mass is 16.5. The zero-order chi connectivity index (χ0) is 15.9. The van der Waals surface area contributed by atoms with E-state index in [1.54, 1.807) is 4.90 Å². The van der Waals surface area contributed by atoms with E-state index < -0.39 is 0 Å². The number of rotatable bonds is 14. The molecule has 0 aliphatic carbocycles. The summed E-state index contributed by atoms with van der Waals surface area (Å²) in [5.41, 5.74) is 0. The van der Waals surface area contributed by atoms with Crippen molar-refractivity contribution in [3.63, 3.8) is 0 Å². The first-order valence-electron chi connectivity index (χ1n) is 8.51. The summed E-state index contributed by atoms with van der Waals surface area (Å²) in [7, 11) is 1.86. The van der Waals surface area contributed by atoms with Crippen molar-refractivity contribution >= 4 is 5.91 Å². The van der Waals surface area contributed by atoms with Crippen molar-refractivity contribution in [2.24, 2.45) is 0 Å². The predicted molar refractivity (Wildman–Crippen MR) is 87.5 cm³/mol. The Hall–Kier alpha value is -0.610. The van der Waals surface area contributed by atoms with Crippen LogP contribution in [-0.4, -0.2) is 50.3 Å². The molecule has 0 saturated heterocycles. The number of hydrogen-bond donors (Lipinski definition) is 0. The SMILES string of the molecule is CCCOCCCCCCCC(=O)N(C)CCOC(C)C. The molecule has 0 saturated carbocycles. The van der Waals surface area contributed by atoms with E-state index >= 15 is 0 Å². The maximum Gasteiger partial charge on any atom is 0.222 e. The molecule has 0 heterocycles. The average molecular weight is 301 g/mol. The first-order chi connectivity index (χ1) is 10.1. The predicted octanol–water partition coefficient (Wildman–Crippen LogP) is 3.64. The molecule has 0 aliphatic rings. The standard InChI is InChI=1S/C17H35NO3/c1-5-13-20-14-10-8-6-7-9-11-17(19)18(4)12-15-21-16(2)3/h16H,5-15H2,1-4H3. The van der Waals surface area contributed by atoms with Crippen LogP contribution in [0, 0.1) is 0 Å². The fraction of sp³-hybridized carbons (Fsp3) is 0.941. The third-order valence-corrected chi connectivity index (χ3v) is 3.33. The van der Waals surface area contributed by atoms with E-state index in [1.807, 2.05) is 20.9 Å². The van der Waals surface area contributed by atoms with Crippen molar-refractivity contribution in [2.45, 2.75) is 71.8 Å². The Bertz CT molecular complexity index is 244. The number of likely N-dealkylation sites (N-methyl/N-ethyl adjacent to an activating group) is 1. The molecule has 0 atom stereocenters. The molecule has 0 aromatic carbocycles. The lowest BCUT2D eigenvalue weighted by Gasteiger charge is -2.18. The molecular formula is C17H35NO3. The number of amides is 1. The Morgan fingerprint density at radius 3 is 2.33 bits per heavy atom. The molecule has 0 spiro atoms. The van der Waals surface area contributed by atoms with Crippen molar-refractivity contribution in [3.05, 3.63) is 0 Å². The van der Waals surface area contributed by atoms with Crippen LogP contribution in [0.1, 0.15) is 65.7 Å². The second-order valence-corrected chi connectivity index (χ2v) is 5.86. The van der Waals surface area contributed by atoms with Gasteiger partial charge in [0.1, 0.15) is 0 Å². The van der Waals surface area contributed by atoms with Gasteiger partial charge in [-0.15, -0.1) is 0 Å². The summed E-state index contributed by atoms with van der Waals surface area (Å²) in [5, 5.41) is 0. The molecule has 0 bridgehead atoms. The molecule has 1 amide bonds. The summed E-state index contributed by atoms with van der Waals surface area (Å²) < 4.78 is 10.9. The maximum atomic E-state index is 11.9. The molecule has 0 rings (SSSR count). The Balaban J connectivity index is 3.36. The van der Waals surface area contributed by atoms with Gasteiger partial charge in [0.05, 0.1) is 12.7 Å². The molecule has 0 N–H and O–H groups in total. The minimum absolute atomic E-state index is 0.230. The molecule has 126 valence electrons. The topological polar surface area (TPSA) is 38.8 Å². The molecule has 0 aliphatic heterocycles. The quantitative estimate of drug-likeness (QED) is 0.460. The Morgan fingerprint density at radius 2 is 1.67 bits per heavy atom. The van der Waals surface area contributed by atoms with Crippen LogP contribution in [0.2, 0.25) is 0 Å². The number of carbonyl (C=O) groups excluding carboxylic acids is 1. The average Bonchev–Trinajstić information content (AvgIpc) is 2.44. The highest BCUT2D eigenvalue weighted by Crippen LogP contribution is 2.07. The lowest BCUT2D eigenvalue weighted by molar-refractivity contribution is -0.130. The summed E-state index contributed by atoms with van der Waals surface area (Å²) in [6.07, 6.45) is 7.65. The largest absolute Gasteiger partial charge is 0.381 e. The van der Waals surface area contributed by atoms with Gasteiger partial charge in [-0.2, -0.15) is 0 Å². The smallest absolute Gasteiger partial charge is 0.222 e. The van der Waals surface area contributed by atoms with E-state index in [0.717, 1.165) is 38.9 Å². The first kappa shape index (κ1) is 20.4. The normalized spacial score (nSPS) is 11.1. The van der Waals surface area contributed by atoms with Gasteiger partial charge in [-0.3, -0.25) is 4.79 Å². The molecule has 0 unspecified atom stereocenters. The van der Waals surface area contributed by atoms with Gasteiger partial charge in [0.15, 0.2) is 0 Å². The second-order valence-electron chi connectivity index (χ2n) is 5.86. The highest BCUT2D eigenvalue weighted by Gasteiger charge is 2.08. The number of carbonyl (C=O) groups is 1. The van der Waals surface area contributed by atoms with Crippen molar-refractivity contribution in [2.75, 3.05) is 33.4 Å². The fourth-order valence-electron chi connectivity index (χ4n) is 2.00. The first-order valence-corrected chi connectivity index (χ1v) is 8.51. The Morgan fingerprint density at radius 1 is 1.00 bits per heavy atom. The minimum Gasteiger partial charge on any atom is -0.381 e. The van der Waals surface area contributed by atoms with Crippen molar-refractivity contribution < 1.29 is 14.3 Å². The fourth-order valence-corrected chi connectivity index (χ4v) is 2.00. The van der Waals surface area contributed by atoms with Crippen molar-refractivity contribution in [1.82, 2.24) is 4.90 Å². The van der Waals surface area contributed by atoms with Crippen LogP contribution in [0.15, 0.2) is 0 Å². The molecular weight excluding hydrogens is 266 g/mol. The zero-order valence-electron chi connectivity index (χ0n) is 14.5. The van der Waals surface area contributed by atoms with Crippen LogP contribution in [0.25, 0.3) is 0 Å². The van der Waals surface area contributed by atoms with Gasteiger partial charge in [-0.05, 0) is 33.1 Å². The monoisotopic (exact) mass is 301 g/mol. The van der Waals surface area contributed by atoms with Gasteiger partial charge in [-0.1, -0.05) is 26.2 Å². The molecule has 4 nitrogen and oxygen atoms in total. The zero-order valence-corrected chi connectivity index (χ0v) is 14.5. The number of nitrogens with zero attached hydrogens (tertiary/aromatic N) is 1. The van der Waals surface area contributed by atoms with Crippen LogP contribution in [-0.2, 0) is 14.3 Å². The van der Waals surface area contributed by atoms with E-state index in [9.17, 15) is 4.79 Å². The molecule has 0 aromatic rings. The summed E-state index contributed by atoms with van der Waals surface area (Å²) in [5.74, 6) is 0.230. The maximum absolute atomic E-state index is 11.9. The lowest BCUT2D eigenvalue weighted by Crippen LogP contribution is -2.30. The molecule has 4 heteroatoms. The van der Waals surface area contributed by atoms with Gasteiger partial charge in [0.2, 0.25) is 5.91 Å². The summed E-state index contributed by atoms with van der Waals surface area (Å²) in [6, 6.07) is 0. The van der Waals surface area contributed by atoms with Crippen LogP contribution < -0.4 is 0 Å². The molecule has 0 fully saturated rings. The number of ether oxygens (including phenoxy) is 2. The Labute approximate surface area is 131 Å². The third kappa shape index (κ3) is 14.1. The van der Waals surface area contributed by atoms with Crippen molar-refractivity contribution in [1.29, 1.82) is 0 Å². The van der Waals surface area contributed by atoms with Gasteiger partial charge >= 0.3 is 0 Å².